The first-order valence-electron chi connectivity index (χ1n) is 7.92. The van der Waals surface area contributed by atoms with Crippen LogP contribution in [0, 0.1) is 0 Å². The average Bonchev–Trinajstić information content (AvgIpc) is 2.76. The quantitative estimate of drug-likeness (QED) is 0.616. The van der Waals surface area contributed by atoms with Crippen molar-refractivity contribution in [1.29, 1.82) is 0 Å². The highest BCUT2D eigenvalue weighted by molar-refractivity contribution is 7.98. The molecule has 2 nitrogen and oxygen atoms in total. The smallest absolute Gasteiger partial charge is 0.399 e. The Balaban J connectivity index is 1.88. The molecule has 0 bridgehead atoms. The molecule has 0 N–H and O–H groups in total. The molecule has 0 unspecified atom stereocenters. The summed E-state index contributed by atoms with van der Waals surface area (Å²) in [4.78, 5) is 1.27. The minimum absolute atomic E-state index is 0.312. The summed E-state index contributed by atoms with van der Waals surface area (Å²) in [6, 6.07) is 17.1. The third-order valence-electron chi connectivity index (χ3n) is 4.84. The van der Waals surface area contributed by atoms with Gasteiger partial charge in [-0.1, -0.05) is 36.4 Å². The maximum absolute atomic E-state index is 6.15. The van der Waals surface area contributed by atoms with Crippen molar-refractivity contribution in [2.45, 2.75) is 43.8 Å². The van der Waals surface area contributed by atoms with E-state index in [9.17, 15) is 0 Å². The number of rotatable bonds is 3. The Kier molecular flexibility index (Phi) is 4.34. The van der Waals surface area contributed by atoms with Crippen molar-refractivity contribution in [3.8, 4) is 11.1 Å². The molecule has 2 aromatic rings. The molecular formula is C19H23BO2S. The van der Waals surface area contributed by atoms with Gasteiger partial charge in [-0.3, -0.25) is 0 Å². The summed E-state index contributed by atoms with van der Waals surface area (Å²) < 4.78 is 12.3. The molecule has 23 heavy (non-hydrogen) atoms. The molecule has 1 fully saturated rings. The van der Waals surface area contributed by atoms with Gasteiger partial charge in [0.25, 0.3) is 0 Å². The lowest BCUT2D eigenvalue weighted by molar-refractivity contribution is 0.00578. The molecule has 1 aliphatic heterocycles. The van der Waals surface area contributed by atoms with Crippen molar-refractivity contribution >= 4 is 24.3 Å². The predicted molar refractivity (Wildman–Crippen MR) is 99.4 cm³/mol. The van der Waals surface area contributed by atoms with Crippen molar-refractivity contribution in [2.24, 2.45) is 0 Å². The highest BCUT2D eigenvalue weighted by atomic mass is 32.2. The Labute approximate surface area is 143 Å². The topological polar surface area (TPSA) is 18.5 Å². The molecule has 0 spiro atoms. The van der Waals surface area contributed by atoms with Crippen molar-refractivity contribution in [3.63, 3.8) is 0 Å². The monoisotopic (exact) mass is 326 g/mol. The van der Waals surface area contributed by atoms with E-state index in [-0.39, 0.29) is 18.3 Å². The maximum atomic E-state index is 6.15. The number of benzene rings is 2. The standard InChI is InChI=1S/C19H23BO2S/c1-18(2)19(3,4)22-20(21-18)16-8-6-7-15(13-16)14-9-11-17(23-5)12-10-14/h6-13H,1-5H3. The molecule has 1 aliphatic rings. The highest BCUT2D eigenvalue weighted by Crippen LogP contribution is 2.36. The van der Waals surface area contributed by atoms with Crippen LogP contribution < -0.4 is 5.46 Å². The van der Waals surface area contributed by atoms with Crippen LogP contribution >= 0.6 is 11.8 Å². The van der Waals surface area contributed by atoms with Crippen LogP contribution in [-0.4, -0.2) is 24.6 Å². The van der Waals surface area contributed by atoms with E-state index < -0.39 is 0 Å². The van der Waals surface area contributed by atoms with Gasteiger partial charge in [0.05, 0.1) is 11.2 Å². The fourth-order valence-corrected chi connectivity index (χ4v) is 3.04. The molecule has 0 radical (unpaired) electrons. The van der Waals surface area contributed by atoms with E-state index in [1.807, 2.05) is 0 Å². The van der Waals surface area contributed by atoms with Crippen LogP contribution in [0.1, 0.15) is 27.7 Å². The number of hydrogen-bond donors (Lipinski definition) is 0. The third kappa shape index (κ3) is 3.21. The SMILES string of the molecule is CSc1ccc(-c2cccc(B3OC(C)(C)C(C)(C)O3)c2)cc1. The van der Waals surface area contributed by atoms with Gasteiger partial charge in [0.2, 0.25) is 0 Å². The summed E-state index contributed by atoms with van der Waals surface area (Å²) in [6.45, 7) is 8.33. The van der Waals surface area contributed by atoms with Crippen LogP contribution in [0.2, 0.25) is 0 Å². The summed E-state index contributed by atoms with van der Waals surface area (Å²) in [7, 11) is -0.314. The second-order valence-corrected chi connectivity index (χ2v) is 7.82. The second-order valence-electron chi connectivity index (χ2n) is 6.94. The van der Waals surface area contributed by atoms with Crippen molar-refractivity contribution in [1.82, 2.24) is 0 Å². The van der Waals surface area contributed by atoms with Crippen LogP contribution in [0.15, 0.2) is 53.4 Å². The zero-order valence-corrected chi connectivity index (χ0v) is 15.2. The molecule has 0 saturated carbocycles. The van der Waals surface area contributed by atoms with E-state index >= 15 is 0 Å². The Bertz CT molecular complexity index is 679. The van der Waals surface area contributed by atoms with Crippen molar-refractivity contribution in [3.05, 3.63) is 48.5 Å². The molecule has 1 heterocycles. The van der Waals surface area contributed by atoms with Gasteiger partial charge < -0.3 is 9.31 Å². The lowest BCUT2D eigenvalue weighted by Gasteiger charge is -2.32. The number of hydrogen-bond acceptors (Lipinski definition) is 3. The first-order chi connectivity index (χ1) is 10.8. The van der Waals surface area contributed by atoms with E-state index in [0.717, 1.165) is 5.46 Å². The summed E-state index contributed by atoms with van der Waals surface area (Å²) in [5.74, 6) is 0. The van der Waals surface area contributed by atoms with E-state index in [4.69, 9.17) is 9.31 Å². The van der Waals surface area contributed by atoms with Gasteiger partial charge in [0, 0.05) is 4.90 Å². The van der Waals surface area contributed by atoms with Crippen molar-refractivity contribution < 1.29 is 9.31 Å². The minimum Gasteiger partial charge on any atom is -0.399 e. The Morgan fingerprint density at radius 2 is 1.43 bits per heavy atom. The van der Waals surface area contributed by atoms with Crippen LogP contribution in [0.25, 0.3) is 11.1 Å². The van der Waals surface area contributed by atoms with Crippen LogP contribution in [0.5, 0.6) is 0 Å². The van der Waals surface area contributed by atoms with Gasteiger partial charge in [0.1, 0.15) is 0 Å². The molecule has 120 valence electrons. The molecule has 1 saturated heterocycles. The number of thioether (sulfide) groups is 1. The van der Waals surface area contributed by atoms with Crippen molar-refractivity contribution in [2.75, 3.05) is 6.26 Å². The zero-order chi connectivity index (χ0) is 16.7. The van der Waals surface area contributed by atoms with E-state index in [2.05, 4.69) is 82.5 Å². The zero-order valence-electron chi connectivity index (χ0n) is 14.4. The van der Waals surface area contributed by atoms with Gasteiger partial charge in [-0.2, -0.15) is 0 Å². The molecule has 0 aromatic heterocycles. The van der Waals surface area contributed by atoms with Gasteiger partial charge in [-0.15, -0.1) is 11.8 Å². The summed E-state index contributed by atoms with van der Waals surface area (Å²) in [6.07, 6.45) is 2.09. The third-order valence-corrected chi connectivity index (χ3v) is 5.58. The molecule has 0 amide bonds. The Morgan fingerprint density at radius 1 is 0.826 bits per heavy atom. The molecule has 0 atom stereocenters. The summed E-state index contributed by atoms with van der Waals surface area (Å²) in [5.41, 5.74) is 2.84. The molecule has 0 aliphatic carbocycles. The van der Waals surface area contributed by atoms with Gasteiger partial charge in [-0.25, -0.2) is 0 Å². The molecule has 4 heteroatoms. The normalized spacial score (nSPS) is 19.1. The fraction of sp³-hybridized carbons (Fsp3) is 0.368. The van der Waals surface area contributed by atoms with E-state index in [1.165, 1.54) is 16.0 Å². The largest absolute Gasteiger partial charge is 0.494 e. The van der Waals surface area contributed by atoms with Crippen LogP contribution in [-0.2, 0) is 9.31 Å². The highest BCUT2D eigenvalue weighted by Gasteiger charge is 2.51. The van der Waals surface area contributed by atoms with Crippen LogP contribution in [0.4, 0.5) is 0 Å². The van der Waals surface area contributed by atoms with Gasteiger partial charge >= 0.3 is 7.12 Å². The van der Waals surface area contributed by atoms with Crippen LogP contribution in [0.3, 0.4) is 0 Å². The fourth-order valence-electron chi connectivity index (χ4n) is 2.63. The first kappa shape index (κ1) is 16.6. The average molecular weight is 326 g/mol. The molecule has 2 aromatic carbocycles. The minimum atomic E-state index is -0.314. The maximum Gasteiger partial charge on any atom is 0.494 e. The summed E-state index contributed by atoms with van der Waals surface area (Å²) >= 11 is 1.76. The van der Waals surface area contributed by atoms with Gasteiger partial charge in [0.15, 0.2) is 0 Å². The first-order valence-corrected chi connectivity index (χ1v) is 9.15. The van der Waals surface area contributed by atoms with E-state index in [0.29, 0.717) is 0 Å². The Hall–Kier alpha value is -1.23. The second kappa shape index (κ2) is 6.01. The lowest BCUT2D eigenvalue weighted by Crippen LogP contribution is -2.41. The van der Waals surface area contributed by atoms with E-state index in [1.54, 1.807) is 11.8 Å². The van der Waals surface area contributed by atoms with Gasteiger partial charge in [-0.05, 0) is 62.7 Å². The molecule has 3 rings (SSSR count). The predicted octanol–water partition coefficient (Wildman–Crippen LogP) is 4.37. The summed E-state index contributed by atoms with van der Waals surface area (Å²) in [5, 5.41) is 0. The molecular weight excluding hydrogens is 303 g/mol. The Morgan fingerprint density at radius 3 is 2.00 bits per heavy atom. The lowest BCUT2D eigenvalue weighted by atomic mass is 9.78.